The lowest BCUT2D eigenvalue weighted by molar-refractivity contribution is -0.120. The van der Waals surface area contributed by atoms with E-state index in [1.165, 1.54) is 24.4 Å². The minimum absolute atomic E-state index is 0.0733. The lowest BCUT2D eigenvalue weighted by atomic mass is 10.1. The van der Waals surface area contributed by atoms with Crippen molar-refractivity contribution in [2.24, 2.45) is 5.10 Å². The summed E-state index contributed by atoms with van der Waals surface area (Å²) < 4.78 is 0.799. The summed E-state index contributed by atoms with van der Waals surface area (Å²) in [6.07, 6.45) is 1.47. The first-order chi connectivity index (χ1) is 10.0. The molecule has 0 aromatic heterocycles. The van der Waals surface area contributed by atoms with Gasteiger partial charge in [0.1, 0.15) is 11.5 Å². The van der Waals surface area contributed by atoms with Crippen molar-refractivity contribution in [2.45, 2.75) is 6.42 Å². The van der Waals surface area contributed by atoms with Gasteiger partial charge in [0.05, 0.1) is 12.6 Å². The van der Waals surface area contributed by atoms with Crippen LogP contribution in [0.1, 0.15) is 11.1 Å². The molecule has 0 aliphatic heterocycles. The summed E-state index contributed by atoms with van der Waals surface area (Å²) >= 11 is 3.28. The first-order valence-electron chi connectivity index (χ1n) is 6.13. The van der Waals surface area contributed by atoms with Gasteiger partial charge < -0.3 is 10.2 Å². The van der Waals surface area contributed by atoms with E-state index in [0.29, 0.717) is 11.1 Å². The predicted octanol–water partition coefficient (Wildman–Crippen LogP) is 2.55. The molecule has 5 nitrogen and oxygen atoms in total. The van der Waals surface area contributed by atoms with Gasteiger partial charge in [-0.25, -0.2) is 5.43 Å². The van der Waals surface area contributed by atoms with Crippen molar-refractivity contribution in [3.8, 4) is 11.5 Å². The molecule has 1 amide bonds. The summed E-state index contributed by atoms with van der Waals surface area (Å²) in [6.45, 7) is 0. The molecule has 2 rings (SSSR count). The highest BCUT2D eigenvalue weighted by molar-refractivity contribution is 9.10. The van der Waals surface area contributed by atoms with Crippen molar-refractivity contribution >= 4 is 28.1 Å². The van der Waals surface area contributed by atoms with Crippen LogP contribution >= 0.6 is 15.9 Å². The fourth-order valence-electron chi connectivity index (χ4n) is 1.69. The molecule has 0 bridgehead atoms. The number of phenols is 2. The maximum Gasteiger partial charge on any atom is 0.244 e. The van der Waals surface area contributed by atoms with Crippen LogP contribution < -0.4 is 5.43 Å². The predicted molar refractivity (Wildman–Crippen MR) is 83.4 cm³/mol. The van der Waals surface area contributed by atoms with Crippen molar-refractivity contribution in [1.82, 2.24) is 5.43 Å². The Labute approximate surface area is 130 Å². The van der Waals surface area contributed by atoms with Crippen LogP contribution in [-0.2, 0) is 11.2 Å². The minimum Gasteiger partial charge on any atom is -0.508 e. The first-order valence-corrected chi connectivity index (χ1v) is 6.92. The number of hydrogen-bond donors (Lipinski definition) is 3. The molecule has 0 fully saturated rings. The summed E-state index contributed by atoms with van der Waals surface area (Å²) in [6, 6.07) is 11.4. The van der Waals surface area contributed by atoms with E-state index in [-0.39, 0.29) is 23.8 Å². The Morgan fingerprint density at radius 1 is 1.24 bits per heavy atom. The molecule has 0 saturated carbocycles. The summed E-state index contributed by atoms with van der Waals surface area (Å²) in [5.74, 6) is -0.127. The molecule has 0 aliphatic carbocycles. The number of phenolic OH excluding ortho intramolecular Hbond substituents is 2. The van der Waals surface area contributed by atoms with Crippen LogP contribution in [0.25, 0.3) is 0 Å². The summed E-state index contributed by atoms with van der Waals surface area (Å²) in [7, 11) is 0. The van der Waals surface area contributed by atoms with Crippen molar-refractivity contribution < 1.29 is 15.0 Å². The molecule has 108 valence electrons. The third-order valence-corrected chi connectivity index (χ3v) is 3.15. The standard InChI is InChI=1S/C15H13BrN2O3/c16-12-4-5-14(20)11(8-12)9-17-18-15(21)7-10-2-1-3-13(19)6-10/h1-6,8-9,19-20H,7H2,(H,18,21)/b17-9+. The van der Waals surface area contributed by atoms with Gasteiger partial charge in [0, 0.05) is 10.0 Å². The van der Waals surface area contributed by atoms with Crippen LogP contribution in [0.5, 0.6) is 11.5 Å². The highest BCUT2D eigenvalue weighted by Gasteiger charge is 2.03. The number of hydrogen-bond acceptors (Lipinski definition) is 4. The Hall–Kier alpha value is -2.34. The van der Waals surface area contributed by atoms with Crippen LogP contribution in [0, 0.1) is 0 Å². The van der Waals surface area contributed by atoms with Gasteiger partial charge in [-0.05, 0) is 35.9 Å². The number of aromatic hydroxyl groups is 2. The maximum absolute atomic E-state index is 11.7. The van der Waals surface area contributed by atoms with Gasteiger partial charge in [-0.1, -0.05) is 28.1 Å². The smallest absolute Gasteiger partial charge is 0.244 e. The molecule has 0 atom stereocenters. The Bertz CT molecular complexity index is 686. The normalized spacial score (nSPS) is 10.7. The topological polar surface area (TPSA) is 81.9 Å². The highest BCUT2D eigenvalue weighted by Crippen LogP contribution is 2.19. The zero-order chi connectivity index (χ0) is 15.2. The van der Waals surface area contributed by atoms with Crippen molar-refractivity contribution in [2.75, 3.05) is 0 Å². The van der Waals surface area contributed by atoms with E-state index in [2.05, 4.69) is 26.5 Å². The molecule has 21 heavy (non-hydrogen) atoms. The Balaban J connectivity index is 1.94. The highest BCUT2D eigenvalue weighted by atomic mass is 79.9. The molecule has 2 aromatic rings. The van der Waals surface area contributed by atoms with E-state index >= 15 is 0 Å². The molecule has 0 saturated heterocycles. The summed E-state index contributed by atoms with van der Waals surface area (Å²) in [5, 5.41) is 22.7. The lowest BCUT2D eigenvalue weighted by Crippen LogP contribution is -2.19. The Morgan fingerprint density at radius 3 is 2.81 bits per heavy atom. The zero-order valence-corrected chi connectivity index (χ0v) is 12.5. The van der Waals surface area contributed by atoms with Gasteiger partial charge in [0.15, 0.2) is 0 Å². The first kappa shape index (κ1) is 15.1. The second-order valence-electron chi connectivity index (χ2n) is 4.34. The SMILES string of the molecule is O=C(Cc1cccc(O)c1)N/N=C/c1cc(Br)ccc1O. The van der Waals surface area contributed by atoms with Crippen LogP contribution in [-0.4, -0.2) is 22.3 Å². The Kier molecular flexibility index (Phi) is 4.94. The average Bonchev–Trinajstić information content (AvgIpc) is 2.42. The fourth-order valence-corrected chi connectivity index (χ4v) is 2.07. The quantitative estimate of drug-likeness (QED) is 0.586. The number of carbonyl (C=O) groups excluding carboxylic acids is 1. The van der Waals surface area contributed by atoms with Crippen LogP contribution in [0.3, 0.4) is 0 Å². The molecular weight excluding hydrogens is 336 g/mol. The number of nitrogens with zero attached hydrogens (tertiary/aromatic N) is 1. The van der Waals surface area contributed by atoms with Crippen LogP contribution in [0.15, 0.2) is 52.0 Å². The van der Waals surface area contributed by atoms with Crippen LogP contribution in [0.2, 0.25) is 0 Å². The zero-order valence-electron chi connectivity index (χ0n) is 11.0. The van der Waals surface area contributed by atoms with Gasteiger partial charge in [-0.3, -0.25) is 4.79 Å². The van der Waals surface area contributed by atoms with Crippen molar-refractivity contribution in [1.29, 1.82) is 0 Å². The number of carbonyl (C=O) groups is 1. The number of amides is 1. The summed E-state index contributed by atoms with van der Waals surface area (Å²) in [4.78, 5) is 11.7. The summed E-state index contributed by atoms with van der Waals surface area (Å²) in [5.41, 5.74) is 3.54. The van der Waals surface area contributed by atoms with Crippen LogP contribution in [0.4, 0.5) is 0 Å². The minimum atomic E-state index is -0.314. The molecule has 6 heteroatoms. The second-order valence-corrected chi connectivity index (χ2v) is 5.26. The monoisotopic (exact) mass is 348 g/mol. The molecule has 3 N–H and O–H groups in total. The van der Waals surface area contributed by atoms with E-state index in [4.69, 9.17) is 0 Å². The lowest BCUT2D eigenvalue weighted by Gasteiger charge is -2.02. The van der Waals surface area contributed by atoms with Crippen molar-refractivity contribution in [3.05, 3.63) is 58.1 Å². The number of hydrazone groups is 1. The molecular formula is C15H13BrN2O3. The average molecular weight is 349 g/mol. The fraction of sp³-hybridized carbons (Fsp3) is 0.0667. The molecule has 0 heterocycles. The molecule has 0 radical (unpaired) electrons. The van der Waals surface area contributed by atoms with E-state index in [1.54, 1.807) is 24.3 Å². The molecule has 0 spiro atoms. The van der Waals surface area contributed by atoms with E-state index < -0.39 is 0 Å². The van der Waals surface area contributed by atoms with E-state index in [1.807, 2.05) is 0 Å². The number of halogens is 1. The molecule has 0 unspecified atom stereocenters. The number of benzene rings is 2. The van der Waals surface area contributed by atoms with Gasteiger partial charge in [0.2, 0.25) is 5.91 Å². The Morgan fingerprint density at radius 2 is 2.05 bits per heavy atom. The third kappa shape index (κ3) is 4.61. The molecule has 0 aliphatic rings. The number of rotatable bonds is 4. The van der Waals surface area contributed by atoms with Gasteiger partial charge in [-0.2, -0.15) is 5.10 Å². The van der Waals surface area contributed by atoms with E-state index in [9.17, 15) is 15.0 Å². The second kappa shape index (κ2) is 6.90. The third-order valence-electron chi connectivity index (χ3n) is 2.66. The largest absolute Gasteiger partial charge is 0.508 e. The van der Waals surface area contributed by atoms with Gasteiger partial charge in [0.25, 0.3) is 0 Å². The molecule has 2 aromatic carbocycles. The van der Waals surface area contributed by atoms with E-state index in [0.717, 1.165) is 4.47 Å². The van der Waals surface area contributed by atoms with Gasteiger partial charge in [-0.15, -0.1) is 0 Å². The maximum atomic E-state index is 11.7. The van der Waals surface area contributed by atoms with Crippen molar-refractivity contribution in [3.63, 3.8) is 0 Å². The number of nitrogens with one attached hydrogen (secondary N) is 1. The van der Waals surface area contributed by atoms with Gasteiger partial charge >= 0.3 is 0 Å².